The summed E-state index contributed by atoms with van der Waals surface area (Å²) in [5.74, 6) is -0.412. The summed E-state index contributed by atoms with van der Waals surface area (Å²) in [4.78, 5) is 26.4. The van der Waals surface area contributed by atoms with Crippen molar-refractivity contribution < 1.29 is 9.59 Å². The summed E-state index contributed by atoms with van der Waals surface area (Å²) < 4.78 is 0.929. The van der Waals surface area contributed by atoms with E-state index in [1.165, 1.54) is 13.8 Å². The molecule has 3 nitrogen and oxygen atoms in total. The van der Waals surface area contributed by atoms with E-state index in [2.05, 4.69) is 20.9 Å². The Morgan fingerprint density at radius 3 is 2.50 bits per heavy atom. The van der Waals surface area contributed by atoms with Gasteiger partial charge in [0.15, 0.2) is 11.6 Å². The second kappa shape index (κ2) is 5.70. The van der Waals surface area contributed by atoms with Gasteiger partial charge in [0.1, 0.15) is 0 Å². The molecule has 4 heteroatoms. The number of carbonyl (C=O) groups excluding carboxylic acids is 2. The molecule has 0 N–H and O–H groups in total. The van der Waals surface area contributed by atoms with Crippen molar-refractivity contribution in [1.29, 1.82) is 0 Å². The van der Waals surface area contributed by atoms with E-state index in [-0.39, 0.29) is 17.1 Å². The van der Waals surface area contributed by atoms with Gasteiger partial charge in [-0.05, 0) is 26.0 Å². The van der Waals surface area contributed by atoms with Crippen molar-refractivity contribution in [2.24, 2.45) is 0 Å². The van der Waals surface area contributed by atoms with Crippen molar-refractivity contribution >= 4 is 27.5 Å². The van der Waals surface area contributed by atoms with Crippen LogP contribution >= 0.6 is 15.9 Å². The first-order valence-electron chi connectivity index (χ1n) is 4.83. The molecule has 1 rings (SSSR count). The molecular weight excluding hydrogens is 270 g/mol. The lowest BCUT2D eigenvalue weighted by Gasteiger charge is -1.99. The van der Waals surface area contributed by atoms with E-state index in [1.807, 2.05) is 12.1 Å². The maximum Gasteiger partial charge on any atom is 0.163 e. The molecule has 0 spiro atoms. The SMILES string of the molecule is CC(=O)C(=CCc1cc(Br)ccn1)C(C)=O. The highest BCUT2D eigenvalue weighted by atomic mass is 79.9. The van der Waals surface area contributed by atoms with Gasteiger partial charge in [0.25, 0.3) is 0 Å². The Kier molecular flexibility index (Phi) is 4.55. The Hall–Kier alpha value is -1.29. The molecule has 0 fully saturated rings. The predicted octanol–water partition coefficient (Wildman–Crippen LogP) is 2.49. The number of halogens is 1. The minimum Gasteiger partial charge on any atom is -0.294 e. The molecule has 0 radical (unpaired) electrons. The normalized spacial score (nSPS) is 9.69. The summed E-state index contributed by atoms with van der Waals surface area (Å²) in [6.07, 6.45) is 3.78. The number of nitrogens with zero attached hydrogens (tertiary/aromatic N) is 1. The Labute approximate surface area is 103 Å². The fourth-order valence-electron chi connectivity index (χ4n) is 1.30. The van der Waals surface area contributed by atoms with Crippen LogP contribution in [0.2, 0.25) is 0 Å². The van der Waals surface area contributed by atoms with Crippen LogP contribution in [0.1, 0.15) is 19.5 Å². The number of ketones is 2. The van der Waals surface area contributed by atoms with Gasteiger partial charge in [-0.2, -0.15) is 0 Å². The van der Waals surface area contributed by atoms with Gasteiger partial charge in [-0.25, -0.2) is 0 Å². The van der Waals surface area contributed by atoms with E-state index >= 15 is 0 Å². The maximum absolute atomic E-state index is 11.2. The van der Waals surface area contributed by atoms with E-state index in [9.17, 15) is 9.59 Å². The summed E-state index contributed by atoms with van der Waals surface area (Å²) in [6.45, 7) is 2.78. The highest BCUT2D eigenvalue weighted by molar-refractivity contribution is 9.10. The summed E-state index contributed by atoms with van der Waals surface area (Å²) in [6, 6.07) is 3.68. The van der Waals surface area contributed by atoms with Gasteiger partial charge in [0.05, 0.1) is 5.57 Å². The molecule has 0 unspecified atom stereocenters. The standard InChI is InChI=1S/C12H12BrNO2/c1-8(15)12(9(2)16)4-3-11-7-10(13)5-6-14-11/h4-7H,3H2,1-2H3. The summed E-state index contributed by atoms with van der Waals surface area (Å²) >= 11 is 3.33. The minimum absolute atomic E-state index is 0.206. The summed E-state index contributed by atoms with van der Waals surface area (Å²) in [5, 5.41) is 0. The lowest BCUT2D eigenvalue weighted by atomic mass is 10.1. The molecule has 1 aromatic rings. The topological polar surface area (TPSA) is 47.0 Å². The van der Waals surface area contributed by atoms with Crippen LogP contribution in [-0.2, 0) is 16.0 Å². The molecule has 0 saturated heterocycles. The fraction of sp³-hybridized carbons (Fsp3) is 0.250. The first-order chi connectivity index (χ1) is 7.50. The minimum atomic E-state index is -0.206. The van der Waals surface area contributed by atoms with Gasteiger partial charge in [0, 0.05) is 22.8 Å². The Morgan fingerprint density at radius 1 is 1.38 bits per heavy atom. The number of hydrogen-bond acceptors (Lipinski definition) is 3. The highest BCUT2D eigenvalue weighted by Gasteiger charge is 2.08. The van der Waals surface area contributed by atoms with E-state index < -0.39 is 0 Å². The average Bonchev–Trinajstić information content (AvgIpc) is 2.16. The van der Waals surface area contributed by atoms with E-state index in [0.29, 0.717) is 6.42 Å². The molecule has 0 bridgehead atoms. The molecule has 0 aliphatic carbocycles. The number of Topliss-reactive ketones (excluding diaryl/α,β-unsaturated/α-hetero) is 2. The monoisotopic (exact) mass is 281 g/mol. The first kappa shape index (κ1) is 12.8. The van der Waals surface area contributed by atoms with Crippen LogP contribution in [-0.4, -0.2) is 16.6 Å². The fourth-order valence-corrected chi connectivity index (χ4v) is 1.68. The predicted molar refractivity (Wildman–Crippen MR) is 65.1 cm³/mol. The van der Waals surface area contributed by atoms with Gasteiger partial charge >= 0.3 is 0 Å². The van der Waals surface area contributed by atoms with Crippen LogP contribution in [0.5, 0.6) is 0 Å². The van der Waals surface area contributed by atoms with Crippen molar-refractivity contribution in [3.05, 3.63) is 40.1 Å². The Balaban J connectivity index is 2.85. The number of rotatable bonds is 4. The summed E-state index contributed by atoms with van der Waals surface area (Å²) in [7, 11) is 0. The molecule has 0 atom stereocenters. The lowest BCUT2D eigenvalue weighted by Crippen LogP contribution is -2.06. The zero-order chi connectivity index (χ0) is 12.1. The molecule has 1 aromatic heterocycles. The van der Waals surface area contributed by atoms with Crippen LogP contribution in [0.25, 0.3) is 0 Å². The molecule has 0 amide bonds. The number of aromatic nitrogens is 1. The van der Waals surface area contributed by atoms with Crippen molar-refractivity contribution in [3.63, 3.8) is 0 Å². The lowest BCUT2D eigenvalue weighted by molar-refractivity contribution is -0.119. The van der Waals surface area contributed by atoms with Crippen molar-refractivity contribution in [2.45, 2.75) is 20.3 Å². The third-order valence-electron chi connectivity index (χ3n) is 2.05. The number of allylic oxidation sites excluding steroid dienone is 2. The zero-order valence-corrected chi connectivity index (χ0v) is 10.7. The second-order valence-corrected chi connectivity index (χ2v) is 4.32. The Bertz CT molecular complexity index is 436. The van der Waals surface area contributed by atoms with Crippen molar-refractivity contribution in [3.8, 4) is 0 Å². The van der Waals surface area contributed by atoms with Gasteiger partial charge in [-0.1, -0.05) is 22.0 Å². The number of pyridine rings is 1. The van der Waals surface area contributed by atoms with Crippen LogP contribution in [0.15, 0.2) is 34.5 Å². The van der Waals surface area contributed by atoms with Crippen LogP contribution < -0.4 is 0 Å². The Morgan fingerprint density at radius 2 is 2.00 bits per heavy atom. The van der Waals surface area contributed by atoms with Crippen molar-refractivity contribution in [1.82, 2.24) is 4.98 Å². The molecule has 0 saturated carbocycles. The van der Waals surface area contributed by atoms with E-state index in [1.54, 1.807) is 12.3 Å². The molecule has 0 aromatic carbocycles. The number of carbonyl (C=O) groups is 2. The van der Waals surface area contributed by atoms with E-state index in [4.69, 9.17) is 0 Å². The first-order valence-corrected chi connectivity index (χ1v) is 5.62. The number of hydrogen-bond donors (Lipinski definition) is 0. The van der Waals surface area contributed by atoms with Crippen molar-refractivity contribution in [2.75, 3.05) is 0 Å². The molecule has 16 heavy (non-hydrogen) atoms. The van der Waals surface area contributed by atoms with Crippen LogP contribution in [0.4, 0.5) is 0 Å². The van der Waals surface area contributed by atoms with Crippen LogP contribution in [0, 0.1) is 0 Å². The molecular formula is C12H12BrNO2. The van der Waals surface area contributed by atoms with Gasteiger partial charge in [-0.3, -0.25) is 14.6 Å². The third kappa shape index (κ3) is 3.70. The highest BCUT2D eigenvalue weighted by Crippen LogP contribution is 2.10. The van der Waals surface area contributed by atoms with Gasteiger partial charge < -0.3 is 0 Å². The maximum atomic E-state index is 11.2. The largest absolute Gasteiger partial charge is 0.294 e. The zero-order valence-electron chi connectivity index (χ0n) is 9.16. The van der Waals surface area contributed by atoms with Gasteiger partial charge in [-0.15, -0.1) is 0 Å². The third-order valence-corrected chi connectivity index (χ3v) is 2.55. The molecule has 0 aliphatic heterocycles. The summed E-state index contributed by atoms with van der Waals surface area (Å²) in [5.41, 5.74) is 1.05. The molecule has 0 aliphatic rings. The molecule has 1 heterocycles. The quantitative estimate of drug-likeness (QED) is 0.484. The van der Waals surface area contributed by atoms with Gasteiger partial charge in [0.2, 0.25) is 0 Å². The average molecular weight is 282 g/mol. The smallest absolute Gasteiger partial charge is 0.163 e. The van der Waals surface area contributed by atoms with Crippen LogP contribution in [0.3, 0.4) is 0 Å². The second-order valence-electron chi connectivity index (χ2n) is 3.40. The molecule has 84 valence electrons. The van der Waals surface area contributed by atoms with E-state index in [0.717, 1.165) is 10.2 Å².